The Kier molecular flexibility index (Phi) is 4.77. The van der Waals surface area contributed by atoms with Gasteiger partial charge in [-0.25, -0.2) is 0 Å². The molecule has 0 unspecified atom stereocenters. The second-order valence-corrected chi connectivity index (χ2v) is 6.45. The van der Waals surface area contributed by atoms with Gasteiger partial charge < -0.3 is 10.2 Å². The molecule has 3 rings (SSSR count). The van der Waals surface area contributed by atoms with Crippen LogP contribution < -0.4 is 10.2 Å². The largest absolute Gasteiger partial charge is 0.370 e. The summed E-state index contributed by atoms with van der Waals surface area (Å²) in [5, 5.41) is 12.8. The van der Waals surface area contributed by atoms with E-state index in [9.17, 15) is 0 Å². The fraction of sp³-hybridized carbons (Fsp3) is 0.611. The zero-order chi connectivity index (χ0) is 14.5. The van der Waals surface area contributed by atoms with Crippen LogP contribution in [0.3, 0.4) is 0 Å². The third-order valence-corrected chi connectivity index (χ3v) is 4.86. The number of nitrogens with one attached hydrogen (secondary N) is 1. The molecule has 3 heteroatoms. The molecule has 0 spiro atoms. The zero-order valence-electron chi connectivity index (χ0n) is 12.7. The van der Waals surface area contributed by atoms with Gasteiger partial charge in [0.1, 0.15) is 0 Å². The van der Waals surface area contributed by atoms with Crippen molar-refractivity contribution in [2.75, 3.05) is 18.0 Å². The molecule has 1 saturated carbocycles. The molecule has 1 saturated heterocycles. The van der Waals surface area contributed by atoms with E-state index in [0.717, 1.165) is 24.7 Å². The zero-order valence-corrected chi connectivity index (χ0v) is 12.7. The number of hydrogen-bond donors (Lipinski definition) is 1. The monoisotopic (exact) mass is 283 g/mol. The van der Waals surface area contributed by atoms with Gasteiger partial charge in [-0.3, -0.25) is 0 Å². The number of nitriles is 1. The summed E-state index contributed by atoms with van der Waals surface area (Å²) in [6, 6.07) is 11.6. The van der Waals surface area contributed by atoms with Crippen molar-refractivity contribution in [1.82, 2.24) is 5.32 Å². The molecule has 3 nitrogen and oxygen atoms in total. The minimum absolute atomic E-state index is 0.623. The summed E-state index contributed by atoms with van der Waals surface area (Å²) >= 11 is 0. The Morgan fingerprint density at radius 1 is 0.952 bits per heavy atom. The van der Waals surface area contributed by atoms with Crippen molar-refractivity contribution in [3.05, 3.63) is 29.8 Å². The quantitative estimate of drug-likeness (QED) is 0.923. The highest BCUT2D eigenvalue weighted by Gasteiger charge is 2.23. The molecule has 21 heavy (non-hydrogen) atoms. The minimum Gasteiger partial charge on any atom is -0.370 e. The number of nitrogens with zero attached hydrogens (tertiary/aromatic N) is 2. The number of hydrogen-bond acceptors (Lipinski definition) is 3. The predicted molar refractivity (Wildman–Crippen MR) is 86.4 cm³/mol. The smallest absolute Gasteiger partial charge is 0.0991 e. The number of rotatable bonds is 3. The molecular formula is C18H25N3. The first-order valence-corrected chi connectivity index (χ1v) is 8.36. The normalized spacial score (nSPS) is 23.8. The third kappa shape index (κ3) is 3.77. The first-order valence-electron chi connectivity index (χ1n) is 8.36. The molecule has 1 atom stereocenters. The number of anilines is 1. The van der Waals surface area contributed by atoms with Crippen LogP contribution in [0.25, 0.3) is 0 Å². The van der Waals surface area contributed by atoms with E-state index in [2.05, 4.69) is 28.4 Å². The molecule has 0 aromatic heterocycles. The van der Waals surface area contributed by atoms with E-state index in [1.807, 2.05) is 12.1 Å². The van der Waals surface area contributed by atoms with Gasteiger partial charge in [-0.15, -0.1) is 0 Å². The van der Waals surface area contributed by atoms with E-state index in [1.54, 1.807) is 0 Å². The summed E-state index contributed by atoms with van der Waals surface area (Å²) in [5.74, 6) is 0. The predicted octanol–water partition coefficient (Wildman–Crippen LogP) is 3.45. The van der Waals surface area contributed by atoms with E-state index in [0.29, 0.717) is 6.04 Å². The third-order valence-electron chi connectivity index (χ3n) is 4.86. The molecule has 0 bridgehead atoms. The van der Waals surface area contributed by atoms with Crippen molar-refractivity contribution in [1.29, 1.82) is 5.26 Å². The van der Waals surface area contributed by atoms with Gasteiger partial charge in [0.2, 0.25) is 0 Å². The number of piperidine rings is 1. The molecule has 1 aromatic rings. The molecule has 0 radical (unpaired) electrons. The summed E-state index contributed by atoms with van der Waals surface area (Å²) in [6.07, 6.45) is 9.46. The molecule has 1 heterocycles. The average Bonchev–Trinajstić information content (AvgIpc) is 2.56. The Bertz CT molecular complexity index is 482. The van der Waals surface area contributed by atoms with Crippen molar-refractivity contribution >= 4 is 5.69 Å². The van der Waals surface area contributed by atoms with Gasteiger partial charge in [-0.05, 0) is 49.9 Å². The van der Waals surface area contributed by atoms with Crippen LogP contribution in [0.5, 0.6) is 0 Å². The van der Waals surface area contributed by atoms with Crippen molar-refractivity contribution in [2.45, 2.75) is 57.0 Å². The molecular weight excluding hydrogens is 258 g/mol. The number of benzene rings is 1. The maximum Gasteiger partial charge on any atom is 0.0991 e. The standard InChI is InChI=1S/C18H25N3/c19-13-15-8-10-18(11-9-15)21-12-4-7-17(14-21)20-16-5-2-1-3-6-16/h8-11,16-17,20H,1-7,12,14H2/t17-/m0/s1. The summed E-state index contributed by atoms with van der Waals surface area (Å²) in [5.41, 5.74) is 2.00. The van der Waals surface area contributed by atoms with Crippen LogP contribution in [-0.4, -0.2) is 25.2 Å². The Balaban J connectivity index is 1.58. The van der Waals surface area contributed by atoms with Gasteiger partial charge in [0, 0.05) is 30.9 Å². The van der Waals surface area contributed by atoms with Gasteiger partial charge in [0.15, 0.2) is 0 Å². The molecule has 2 aliphatic rings. The summed E-state index contributed by atoms with van der Waals surface area (Å²) in [7, 11) is 0. The fourth-order valence-electron chi connectivity index (χ4n) is 3.70. The van der Waals surface area contributed by atoms with Crippen LogP contribution in [-0.2, 0) is 0 Å². The maximum absolute atomic E-state index is 8.89. The Hall–Kier alpha value is -1.53. The van der Waals surface area contributed by atoms with Gasteiger partial charge >= 0.3 is 0 Å². The first-order chi connectivity index (χ1) is 10.3. The van der Waals surface area contributed by atoms with Crippen LogP contribution in [0.4, 0.5) is 5.69 Å². The van der Waals surface area contributed by atoms with E-state index in [1.165, 1.54) is 50.6 Å². The second kappa shape index (κ2) is 6.95. The lowest BCUT2D eigenvalue weighted by molar-refractivity contribution is 0.312. The van der Waals surface area contributed by atoms with Crippen LogP contribution in [0.15, 0.2) is 24.3 Å². The van der Waals surface area contributed by atoms with E-state index < -0.39 is 0 Å². The van der Waals surface area contributed by atoms with Gasteiger partial charge in [0.25, 0.3) is 0 Å². The van der Waals surface area contributed by atoms with Crippen LogP contribution >= 0.6 is 0 Å². The Morgan fingerprint density at radius 3 is 2.38 bits per heavy atom. The highest BCUT2D eigenvalue weighted by Crippen LogP contribution is 2.23. The van der Waals surface area contributed by atoms with Gasteiger partial charge in [-0.2, -0.15) is 5.26 Å². The summed E-state index contributed by atoms with van der Waals surface area (Å²) < 4.78 is 0. The fourth-order valence-corrected chi connectivity index (χ4v) is 3.70. The minimum atomic E-state index is 0.623. The highest BCUT2D eigenvalue weighted by atomic mass is 15.2. The van der Waals surface area contributed by atoms with Crippen LogP contribution in [0.1, 0.15) is 50.5 Å². The van der Waals surface area contributed by atoms with Crippen molar-refractivity contribution < 1.29 is 0 Å². The lowest BCUT2D eigenvalue weighted by atomic mass is 9.93. The molecule has 1 N–H and O–H groups in total. The van der Waals surface area contributed by atoms with Crippen molar-refractivity contribution in [3.8, 4) is 6.07 Å². The van der Waals surface area contributed by atoms with Crippen LogP contribution in [0, 0.1) is 11.3 Å². The molecule has 1 aliphatic heterocycles. The average molecular weight is 283 g/mol. The lowest BCUT2D eigenvalue weighted by Gasteiger charge is -2.37. The molecule has 2 fully saturated rings. The van der Waals surface area contributed by atoms with Crippen molar-refractivity contribution in [2.24, 2.45) is 0 Å². The molecule has 1 aromatic carbocycles. The van der Waals surface area contributed by atoms with E-state index in [4.69, 9.17) is 5.26 Å². The Morgan fingerprint density at radius 2 is 1.67 bits per heavy atom. The van der Waals surface area contributed by atoms with Crippen LogP contribution in [0.2, 0.25) is 0 Å². The maximum atomic E-state index is 8.89. The lowest BCUT2D eigenvalue weighted by Crippen LogP contribution is -2.49. The van der Waals surface area contributed by atoms with Gasteiger partial charge in [-0.1, -0.05) is 19.3 Å². The highest BCUT2D eigenvalue weighted by molar-refractivity contribution is 5.50. The van der Waals surface area contributed by atoms with E-state index >= 15 is 0 Å². The van der Waals surface area contributed by atoms with Gasteiger partial charge in [0.05, 0.1) is 11.6 Å². The van der Waals surface area contributed by atoms with E-state index in [-0.39, 0.29) is 0 Å². The second-order valence-electron chi connectivity index (χ2n) is 6.45. The molecule has 0 amide bonds. The summed E-state index contributed by atoms with van der Waals surface area (Å²) in [4.78, 5) is 2.46. The SMILES string of the molecule is N#Cc1ccc(N2CCC[C@H](NC3CCCCC3)C2)cc1. The summed E-state index contributed by atoms with van der Waals surface area (Å²) in [6.45, 7) is 2.23. The van der Waals surface area contributed by atoms with Crippen molar-refractivity contribution in [3.63, 3.8) is 0 Å². The topological polar surface area (TPSA) is 39.1 Å². The molecule has 1 aliphatic carbocycles. The molecule has 112 valence electrons. The first kappa shape index (κ1) is 14.4. The Labute approximate surface area is 128 Å².